The smallest absolute Gasteiger partial charge is 0.366 e. The van der Waals surface area contributed by atoms with Gasteiger partial charge in [-0.2, -0.15) is 0 Å². The van der Waals surface area contributed by atoms with Crippen molar-refractivity contribution in [2.75, 3.05) is 12.3 Å². The van der Waals surface area contributed by atoms with Crippen LogP contribution < -0.4 is 42.0 Å². The van der Waals surface area contributed by atoms with Crippen LogP contribution in [0.4, 0.5) is 0 Å². The summed E-state index contributed by atoms with van der Waals surface area (Å²) in [5.41, 5.74) is 6.97. The number of fused-ring (bicyclic) bond motifs is 6. The van der Waals surface area contributed by atoms with E-state index in [0.717, 1.165) is 11.1 Å². The van der Waals surface area contributed by atoms with Gasteiger partial charge in [0.15, 0.2) is 0 Å². The Morgan fingerprint density at radius 3 is 0.924 bits per heavy atom. The molecule has 0 amide bonds. The van der Waals surface area contributed by atoms with Gasteiger partial charge in [0.05, 0.1) is 49.4 Å². The third-order valence-corrected chi connectivity index (χ3v) is 26.0. The molecule has 0 nitrogen and oxygen atoms in total. The summed E-state index contributed by atoms with van der Waals surface area (Å²) in [5, 5.41) is 12.0. The monoisotopic (exact) mass is 1290 g/mol. The van der Waals surface area contributed by atoms with Crippen LogP contribution in [0, 0.1) is 24.7 Å². The SMILES string of the molecule is [Au+].[Au+].[C-]#Cc1cccc2c1-c1ccccc1[Si]2(C)C.[C-]#Cc1cccc2c1-c1ccccc1[Si]2(C)C.c1ccc([PH+](CCCC[PH+](c2ccccc2)c2ccccc2)c2ccccc2)cc1. The van der Waals surface area contributed by atoms with E-state index in [1.807, 2.05) is 12.1 Å². The van der Waals surface area contributed by atoms with Crippen LogP contribution in [0.1, 0.15) is 24.0 Å². The number of unbranched alkanes of at least 4 members (excludes halogenated alkanes) is 1. The first-order chi connectivity index (χ1) is 31.2. The Bertz CT molecular complexity index is 2640. The second-order valence-electron chi connectivity index (χ2n) is 17.7. The molecule has 2 heterocycles. The van der Waals surface area contributed by atoms with Crippen LogP contribution in [-0.2, 0) is 44.8 Å². The largest absolute Gasteiger partial charge is 1.00 e. The van der Waals surface area contributed by atoms with E-state index in [-0.39, 0.29) is 44.8 Å². The van der Waals surface area contributed by atoms with Gasteiger partial charge in [0, 0.05) is 0 Å². The van der Waals surface area contributed by atoms with Gasteiger partial charge in [-0.3, -0.25) is 11.8 Å². The third-order valence-electron chi connectivity index (χ3n) is 13.1. The molecule has 0 unspecified atom stereocenters. The van der Waals surface area contributed by atoms with E-state index in [1.165, 1.54) is 89.4 Å². The number of hydrogen-bond acceptors (Lipinski definition) is 0. The molecule has 334 valence electrons. The van der Waals surface area contributed by atoms with Gasteiger partial charge in [0.25, 0.3) is 0 Å². The first-order valence-electron chi connectivity index (χ1n) is 22.5. The van der Waals surface area contributed by atoms with E-state index in [2.05, 4.69) is 232 Å². The van der Waals surface area contributed by atoms with Crippen molar-refractivity contribution in [1.29, 1.82) is 0 Å². The van der Waals surface area contributed by atoms with E-state index in [0.29, 0.717) is 0 Å². The maximum absolute atomic E-state index is 7.45. The molecule has 2 aliphatic rings. The summed E-state index contributed by atoms with van der Waals surface area (Å²) >= 11 is 0. The molecule has 0 aliphatic carbocycles. The Kier molecular flexibility index (Phi) is 18.2. The second-order valence-corrected chi connectivity index (χ2v) is 31.6. The Balaban J connectivity index is 0.000000172. The molecular formula is C60H56Au2P2Si2+2. The molecule has 8 aromatic rings. The Hall–Kier alpha value is -4.35. The quantitative estimate of drug-likeness (QED) is 0.0444. The molecular weight excluding hydrogens is 1230 g/mol. The zero-order valence-electron chi connectivity index (χ0n) is 38.1. The zero-order chi connectivity index (χ0) is 44.5. The number of rotatable bonds is 9. The first-order valence-corrected chi connectivity index (χ1v) is 31.9. The summed E-state index contributed by atoms with van der Waals surface area (Å²) in [6, 6.07) is 74.4. The number of hydrogen-bond donors (Lipinski definition) is 0. The molecule has 0 saturated heterocycles. The predicted octanol–water partition coefficient (Wildman–Crippen LogP) is 10.3. The zero-order valence-corrected chi connectivity index (χ0v) is 46.4. The molecule has 66 heavy (non-hydrogen) atoms. The van der Waals surface area contributed by atoms with Crippen LogP contribution in [0.3, 0.4) is 0 Å². The van der Waals surface area contributed by atoms with Crippen molar-refractivity contribution in [3.63, 3.8) is 0 Å². The summed E-state index contributed by atoms with van der Waals surface area (Å²) in [7, 11) is -4.53. The fourth-order valence-corrected chi connectivity index (χ4v) is 21.4. The maximum atomic E-state index is 7.45. The Morgan fingerprint density at radius 1 is 0.348 bits per heavy atom. The molecule has 0 spiro atoms. The molecule has 2 aliphatic heterocycles. The molecule has 0 fully saturated rings. The molecule has 10 rings (SSSR count). The fraction of sp³-hybridized carbons (Fsp3) is 0.133. The van der Waals surface area contributed by atoms with Crippen LogP contribution in [0.5, 0.6) is 0 Å². The van der Waals surface area contributed by atoms with Crippen molar-refractivity contribution in [3.05, 3.63) is 230 Å². The molecule has 0 atom stereocenters. The fourth-order valence-electron chi connectivity index (χ4n) is 9.79. The van der Waals surface area contributed by atoms with Gasteiger partial charge in [-0.15, -0.1) is 23.3 Å². The van der Waals surface area contributed by atoms with Crippen LogP contribution in [0.15, 0.2) is 206 Å². The molecule has 8 aromatic carbocycles. The van der Waals surface area contributed by atoms with Gasteiger partial charge < -0.3 is 12.8 Å². The topological polar surface area (TPSA) is 0 Å². The summed E-state index contributed by atoms with van der Waals surface area (Å²) in [6.07, 6.45) is 20.1. The van der Waals surface area contributed by atoms with Gasteiger partial charge in [-0.1, -0.05) is 193 Å². The summed E-state index contributed by atoms with van der Waals surface area (Å²) in [6.45, 7) is 9.52. The van der Waals surface area contributed by atoms with Crippen LogP contribution in [-0.4, -0.2) is 28.5 Å². The molecule has 0 radical (unpaired) electrons. The van der Waals surface area contributed by atoms with Crippen LogP contribution in [0.2, 0.25) is 26.2 Å². The van der Waals surface area contributed by atoms with Gasteiger partial charge in [0.1, 0.15) is 16.1 Å². The minimum absolute atomic E-state index is 0. The van der Waals surface area contributed by atoms with Crippen molar-refractivity contribution >= 4 is 74.0 Å². The average molecular weight is 1290 g/mol. The van der Waals surface area contributed by atoms with Gasteiger partial charge in [0.2, 0.25) is 0 Å². The van der Waals surface area contributed by atoms with Crippen molar-refractivity contribution < 1.29 is 44.8 Å². The average Bonchev–Trinajstić information content (AvgIpc) is 3.74. The van der Waals surface area contributed by atoms with E-state index >= 15 is 0 Å². The molecule has 0 saturated carbocycles. The normalized spacial score (nSPS) is 12.7. The van der Waals surface area contributed by atoms with Gasteiger partial charge in [-0.25, -0.2) is 0 Å². The first kappa shape index (κ1) is 51.1. The van der Waals surface area contributed by atoms with E-state index in [4.69, 9.17) is 12.8 Å². The maximum Gasteiger partial charge on any atom is 1.00 e. The Labute approximate surface area is 430 Å². The third kappa shape index (κ3) is 11.0. The van der Waals surface area contributed by atoms with Gasteiger partial charge >= 0.3 is 44.8 Å². The minimum Gasteiger partial charge on any atom is -0.366 e. The van der Waals surface area contributed by atoms with Crippen molar-refractivity contribution in [2.45, 2.75) is 39.0 Å². The predicted molar refractivity (Wildman–Crippen MR) is 290 cm³/mol. The molecule has 6 heteroatoms. The van der Waals surface area contributed by atoms with Crippen LogP contribution in [0.25, 0.3) is 22.3 Å². The van der Waals surface area contributed by atoms with E-state index in [9.17, 15) is 0 Å². The second kappa shape index (κ2) is 23.6. The molecule has 0 aromatic heterocycles. The van der Waals surface area contributed by atoms with Crippen molar-refractivity contribution in [2.24, 2.45) is 0 Å². The Morgan fingerprint density at radius 2 is 0.621 bits per heavy atom. The van der Waals surface area contributed by atoms with Gasteiger partial charge in [-0.05, 0) is 82.9 Å². The van der Waals surface area contributed by atoms with Crippen LogP contribution >= 0.6 is 15.8 Å². The summed E-state index contributed by atoms with van der Waals surface area (Å²) < 4.78 is 0. The standard InChI is InChI=1S/C28H28P2.2C16H13Si.2Au/c1-5-15-25(16-6-1)29(26-17-7-2-8-18-26)23-13-14-24-30(27-19-9-3-10-20-27)28-21-11-4-12-22-28;2*1-4-12-8-7-11-15-16(12)13-9-5-6-10-14(13)17(15,2)3;;/h1-12,15-22H,13-14,23-24H2;2*5-11H,2-3H3;;/q;2*-1;2*+1/p+2. The molecule has 0 bridgehead atoms. The summed E-state index contributed by atoms with van der Waals surface area (Å²) in [4.78, 5) is 0. The van der Waals surface area contributed by atoms with Crippen molar-refractivity contribution in [1.82, 2.24) is 0 Å². The van der Waals surface area contributed by atoms with Crippen molar-refractivity contribution in [3.8, 4) is 34.1 Å². The summed E-state index contributed by atoms with van der Waals surface area (Å²) in [5.74, 6) is 5.16. The molecule has 0 N–H and O–H groups in total. The minimum atomic E-state index is -1.55. The van der Waals surface area contributed by atoms with E-state index in [1.54, 1.807) is 0 Å². The van der Waals surface area contributed by atoms with E-state index < -0.39 is 32.0 Å². The number of benzene rings is 8.